The second-order valence-electron chi connectivity index (χ2n) is 9.82. The highest BCUT2D eigenvalue weighted by Gasteiger charge is 2.33. The number of anilines is 1. The van der Waals surface area contributed by atoms with Crippen molar-refractivity contribution in [3.63, 3.8) is 0 Å². The molecule has 1 amide bonds. The number of carbonyl (C=O) groups is 1. The molecule has 3 heterocycles. The summed E-state index contributed by atoms with van der Waals surface area (Å²) in [6, 6.07) is 6.25. The molecule has 1 saturated heterocycles. The molecule has 2 aliphatic carbocycles. The fraction of sp³-hybridized carbons (Fsp3) is 0.414. The number of aryl methyl sites for hydroxylation is 1. The van der Waals surface area contributed by atoms with Gasteiger partial charge in [0.15, 0.2) is 0 Å². The Bertz CT molecular complexity index is 1240. The van der Waals surface area contributed by atoms with E-state index in [4.69, 9.17) is 17.3 Å². The first-order chi connectivity index (χ1) is 17.5. The van der Waals surface area contributed by atoms with Crippen LogP contribution in [0.2, 0.25) is 0 Å². The van der Waals surface area contributed by atoms with Crippen LogP contribution in [0.4, 0.5) is 5.82 Å². The molecule has 1 aliphatic heterocycles. The summed E-state index contributed by atoms with van der Waals surface area (Å²) in [6.45, 7) is 5.45. The highest BCUT2D eigenvalue weighted by Crippen LogP contribution is 2.34. The largest absolute Gasteiger partial charge is 0.384 e. The minimum Gasteiger partial charge on any atom is -0.384 e. The standard InChI is InChI=1S/C29H32ClN5O/c1-20-24(9-6-21-7-11-28(31)33-19-21)25(12-13-32-20)22-8-10-26(27(30)18-22)29(36)35-16-14-34(15-17-35)23-4-2-3-5-23/h7-8,11-13,18-19,23,26H,2-5,10,14-17H2,1H3,(H2,31,33). The lowest BCUT2D eigenvalue weighted by Crippen LogP contribution is -2.52. The molecule has 2 fully saturated rings. The van der Waals surface area contributed by atoms with Gasteiger partial charge in [0.2, 0.25) is 5.91 Å². The summed E-state index contributed by atoms with van der Waals surface area (Å²) in [5, 5.41) is 0.590. The molecule has 7 heteroatoms. The number of amides is 1. The van der Waals surface area contributed by atoms with Crippen LogP contribution in [-0.4, -0.2) is 57.9 Å². The fourth-order valence-corrected chi connectivity index (χ4v) is 5.75. The van der Waals surface area contributed by atoms with Crippen molar-refractivity contribution >= 4 is 28.9 Å². The van der Waals surface area contributed by atoms with Gasteiger partial charge in [-0.05, 0) is 56.0 Å². The molecule has 1 unspecified atom stereocenters. The number of nitrogens with zero attached hydrogens (tertiary/aromatic N) is 4. The number of piperazine rings is 1. The van der Waals surface area contributed by atoms with Crippen LogP contribution in [0.1, 0.15) is 54.5 Å². The summed E-state index contributed by atoms with van der Waals surface area (Å²) >= 11 is 6.74. The topological polar surface area (TPSA) is 75.4 Å². The molecule has 0 spiro atoms. The maximum absolute atomic E-state index is 13.3. The summed E-state index contributed by atoms with van der Waals surface area (Å²) in [6.07, 6.45) is 13.3. The quantitative estimate of drug-likeness (QED) is 0.632. The van der Waals surface area contributed by atoms with Gasteiger partial charge in [0.05, 0.1) is 17.2 Å². The molecular formula is C29H32ClN5O. The van der Waals surface area contributed by atoms with Crippen LogP contribution in [0.3, 0.4) is 0 Å². The average Bonchev–Trinajstić information content (AvgIpc) is 3.44. The maximum atomic E-state index is 13.3. The predicted molar refractivity (Wildman–Crippen MR) is 144 cm³/mol. The van der Waals surface area contributed by atoms with E-state index in [0.29, 0.717) is 23.3 Å². The molecule has 36 heavy (non-hydrogen) atoms. The van der Waals surface area contributed by atoms with Crippen LogP contribution in [0.15, 0.2) is 47.8 Å². The van der Waals surface area contributed by atoms with Crippen molar-refractivity contribution in [2.75, 3.05) is 31.9 Å². The molecule has 0 aromatic carbocycles. The van der Waals surface area contributed by atoms with Crippen molar-refractivity contribution < 1.29 is 4.79 Å². The summed E-state index contributed by atoms with van der Waals surface area (Å²) in [4.78, 5) is 26.5. The SMILES string of the molecule is Cc1nccc(C2=CCC(C(=O)N3CCN(C4CCCC4)CC3)C(Cl)=C2)c1C#Cc1ccc(N)nc1. The number of aromatic nitrogens is 2. The normalized spacial score (nSPS) is 20.9. The monoisotopic (exact) mass is 501 g/mol. The van der Waals surface area contributed by atoms with E-state index in [-0.39, 0.29) is 11.8 Å². The first-order valence-corrected chi connectivity index (χ1v) is 13.2. The number of carbonyl (C=O) groups excluding carboxylic acids is 1. The predicted octanol–water partition coefficient (Wildman–Crippen LogP) is 4.38. The van der Waals surface area contributed by atoms with Crippen molar-refractivity contribution in [1.82, 2.24) is 19.8 Å². The summed E-state index contributed by atoms with van der Waals surface area (Å²) < 4.78 is 0. The molecule has 0 bridgehead atoms. The zero-order valence-electron chi connectivity index (χ0n) is 20.7. The molecule has 3 aliphatic rings. The Morgan fingerprint density at radius 2 is 1.86 bits per heavy atom. The number of allylic oxidation sites excluding steroid dienone is 3. The van der Waals surface area contributed by atoms with Gasteiger partial charge in [-0.25, -0.2) is 4.98 Å². The number of hydrogen-bond donors (Lipinski definition) is 1. The van der Waals surface area contributed by atoms with Gasteiger partial charge in [0, 0.05) is 60.8 Å². The van der Waals surface area contributed by atoms with Gasteiger partial charge in [0.25, 0.3) is 0 Å². The number of halogens is 1. The van der Waals surface area contributed by atoms with E-state index in [2.05, 4.69) is 32.8 Å². The highest BCUT2D eigenvalue weighted by molar-refractivity contribution is 6.32. The Balaban J connectivity index is 1.29. The van der Waals surface area contributed by atoms with Gasteiger partial charge in [-0.1, -0.05) is 42.4 Å². The third-order valence-corrected chi connectivity index (χ3v) is 7.91. The lowest BCUT2D eigenvalue weighted by molar-refractivity contribution is -0.136. The van der Waals surface area contributed by atoms with Crippen molar-refractivity contribution in [1.29, 1.82) is 0 Å². The molecule has 2 aromatic rings. The van der Waals surface area contributed by atoms with E-state index >= 15 is 0 Å². The van der Waals surface area contributed by atoms with Crippen LogP contribution >= 0.6 is 11.6 Å². The smallest absolute Gasteiger partial charge is 0.231 e. The Morgan fingerprint density at radius 1 is 1.08 bits per heavy atom. The van der Waals surface area contributed by atoms with Gasteiger partial charge in [-0.2, -0.15) is 0 Å². The van der Waals surface area contributed by atoms with E-state index in [1.165, 1.54) is 25.7 Å². The molecule has 2 aromatic heterocycles. The van der Waals surface area contributed by atoms with E-state index in [0.717, 1.165) is 54.1 Å². The molecule has 0 radical (unpaired) electrons. The first-order valence-electron chi connectivity index (χ1n) is 12.8. The number of hydrogen-bond acceptors (Lipinski definition) is 5. The van der Waals surface area contributed by atoms with E-state index in [9.17, 15) is 4.79 Å². The number of nitrogen functional groups attached to an aromatic ring is 1. The van der Waals surface area contributed by atoms with E-state index < -0.39 is 0 Å². The third-order valence-electron chi connectivity index (χ3n) is 7.53. The van der Waals surface area contributed by atoms with E-state index in [1.54, 1.807) is 18.5 Å². The lowest BCUT2D eigenvalue weighted by Gasteiger charge is -2.39. The Labute approximate surface area is 218 Å². The van der Waals surface area contributed by atoms with E-state index in [1.807, 2.05) is 30.0 Å². The zero-order valence-corrected chi connectivity index (χ0v) is 21.5. The summed E-state index contributed by atoms with van der Waals surface area (Å²) in [5.41, 5.74) is 10.1. The number of nitrogens with two attached hydrogens (primary N) is 1. The minimum atomic E-state index is -0.313. The second kappa shape index (κ2) is 10.9. The maximum Gasteiger partial charge on any atom is 0.231 e. The average molecular weight is 502 g/mol. The van der Waals surface area contributed by atoms with Crippen LogP contribution in [0.5, 0.6) is 0 Å². The number of rotatable bonds is 3. The van der Waals surface area contributed by atoms with Crippen molar-refractivity contribution in [2.45, 2.75) is 45.1 Å². The van der Waals surface area contributed by atoms with Crippen molar-refractivity contribution in [3.05, 3.63) is 70.2 Å². The molecular weight excluding hydrogens is 470 g/mol. The molecule has 2 N–H and O–H groups in total. The van der Waals surface area contributed by atoms with Gasteiger partial charge in [-0.3, -0.25) is 14.7 Å². The third kappa shape index (κ3) is 5.33. The van der Waals surface area contributed by atoms with Crippen LogP contribution < -0.4 is 5.73 Å². The Morgan fingerprint density at radius 3 is 2.56 bits per heavy atom. The highest BCUT2D eigenvalue weighted by atomic mass is 35.5. The minimum absolute atomic E-state index is 0.138. The van der Waals surface area contributed by atoms with Gasteiger partial charge >= 0.3 is 0 Å². The lowest BCUT2D eigenvalue weighted by atomic mass is 9.89. The summed E-state index contributed by atoms with van der Waals surface area (Å²) in [5.74, 6) is 6.70. The molecule has 1 saturated carbocycles. The second-order valence-corrected chi connectivity index (χ2v) is 10.3. The molecule has 186 valence electrons. The van der Waals surface area contributed by atoms with Gasteiger partial charge in [0.1, 0.15) is 5.82 Å². The molecule has 1 atom stereocenters. The number of pyridine rings is 2. The van der Waals surface area contributed by atoms with Crippen LogP contribution in [-0.2, 0) is 4.79 Å². The molecule has 6 nitrogen and oxygen atoms in total. The Kier molecular flexibility index (Phi) is 7.41. The fourth-order valence-electron chi connectivity index (χ4n) is 5.45. The van der Waals surface area contributed by atoms with Gasteiger partial charge < -0.3 is 10.6 Å². The van der Waals surface area contributed by atoms with Gasteiger partial charge in [-0.15, -0.1) is 0 Å². The van der Waals surface area contributed by atoms with Crippen LogP contribution in [0.25, 0.3) is 5.57 Å². The Hall–Kier alpha value is -3.14. The van der Waals surface area contributed by atoms with Crippen LogP contribution in [0, 0.1) is 24.7 Å². The van der Waals surface area contributed by atoms with Crippen molar-refractivity contribution in [2.24, 2.45) is 5.92 Å². The molecule has 5 rings (SSSR count). The van der Waals surface area contributed by atoms with Crippen molar-refractivity contribution in [3.8, 4) is 11.8 Å². The summed E-state index contributed by atoms with van der Waals surface area (Å²) in [7, 11) is 0. The zero-order chi connectivity index (χ0) is 25.1. The first kappa shape index (κ1) is 24.5.